The Balaban J connectivity index is 1.97. The van der Waals surface area contributed by atoms with E-state index in [1.165, 1.54) is 4.90 Å². The van der Waals surface area contributed by atoms with Gasteiger partial charge in [-0.1, -0.05) is 0 Å². The van der Waals surface area contributed by atoms with Crippen molar-refractivity contribution in [3.05, 3.63) is 0 Å². The zero-order chi connectivity index (χ0) is 15.8. The Bertz CT molecular complexity index is 430. The normalized spacial score (nSPS) is 35.5. The molecule has 1 aliphatic heterocycles. The van der Waals surface area contributed by atoms with Crippen molar-refractivity contribution in [2.24, 2.45) is 5.92 Å². The SMILES string of the molecule is CC1NC(=O)C(C)N(C(=O)NCC2CCCC2(F)F)C1C. The molecule has 1 heterocycles. The van der Waals surface area contributed by atoms with Gasteiger partial charge in [0.25, 0.3) is 5.92 Å². The molecule has 0 spiro atoms. The first kappa shape index (κ1) is 16.0. The fourth-order valence-electron chi connectivity index (χ4n) is 3.10. The van der Waals surface area contributed by atoms with Crippen molar-refractivity contribution in [3.63, 3.8) is 0 Å². The van der Waals surface area contributed by atoms with Crippen LogP contribution in [-0.4, -0.2) is 47.4 Å². The highest BCUT2D eigenvalue weighted by atomic mass is 19.3. The van der Waals surface area contributed by atoms with Gasteiger partial charge >= 0.3 is 6.03 Å². The molecule has 0 bridgehead atoms. The van der Waals surface area contributed by atoms with Gasteiger partial charge in [-0.3, -0.25) is 4.79 Å². The maximum Gasteiger partial charge on any atom is 0.318 e. The third-order valence-electron chi connectivity index (χ3n) is 4.72. The fourth-order valence-corrected chi connectivity index (χ4v) is 3.10. The van der Waals surface area contributed by atoms with Crippen LogP contribution in [0.25, 0.3) is 0 Å². The molecule has 0 aromatic carbocycles. The summed E-state index contributed by atoms with van der Waals surface area (Å²) in [5.41, 5.74) is 0. The highest BCUT2D eigenvalue weighted by molar-refractivity contribution is 5.88. The van der Waals surface area contributed by atoms with Crippen LogP contribution >= 0.6 is 0 Å². The average molecular weight is 303 g/mol. The van der Waals surface area contributed by atoms with Crippen molar-refractivity contribution in [1.82, 2.24) is 15.5 Å². The number of rotatable bonds is 2. The molecule has 7 heteroatoms. The number of nitrogens with one attached hydrogen (secondary N) is 2. The number of carbonyl (C=O) groups is 2. The number of amides is 3. The van der Waals surface area contributed by atoms with Crippen LogP contribution in [0, 0.1) is 5.92 Å². The van der Waals surface area contributed by atoms with E-state index in [0.29, 0.717) is 12.8 Å². The van der Waals surface area contributed by atoms with Gasteiger partial charge < -0.3 is 15.5 Å². The fraction of sp³-hybridized carbons (Fsp3) is 0.857. The van der Waals surface area contributed by atoms with Gasteiger partial charge in [-0.2, -0.15) is 0 Å². The minimum Gasteiger partial charge on any atom is -0.350 e. The van der Waals surface area contributed by atoms with Gasteiger partial charge in [0.2, 0.25) is 5.91 Å². The van der Waals surface area contributed by atoms with Crippen molar-refractivity contribution >= 4 is 11.9 Å². The molecule has 2 aliphatic rings. The Morgan fingerprint density at radius 2 is 2.10 bits per heavy atom. The third kappa shape index (κ3) is 3.11. The number of halogens is 2. The molecule has 21 heavy (non-hydrogen) atoms. The molecule has 120 valence electrons. The molecular weight excluding hydrogens is 280 g/mol. The van der Waals surface area contributed by atoms with Crippen molar-refractivity contribution in [1.29, 1.82) is 0 Å². The van der Waals surface area contributed by atoms with Crippen LogP contribution in [0.4, 0.5) is 13.6 Å². The minimum absolute atomic E-state index is 0.0439. The van der Waals surface area contributed by atoms with Crippen LogP contribution in [0.2, 0.25) is 0 Å². The van der Waals surface area contributed by atoms with Gasteiger partial charge in [0, 0.05) is 24.9 Å². The molecule has 1 aliphatic carbocycles. The average Bonchev–Trinajstić information content (AvgIpc) is 2.73. The number of hydrogen-bond acceptors (Lipinski definition) is 2. The second kappa shape index (κ2) is 5.77. The summed E-state index contributed by atoms with van der Waals surface area (Å²) in [7, 11) is 0. The summed E-state index contributed by atoms with van der Waals surface area (Å²) < 4.78 is 27.1. The van der Waals surface area contributed by atoms with Crippen molar-refractivity contribution in [2.75, 3.05) is 6.54 Å². The number of hydrogen-bond donors (Lipinski definition) is 2. The van der Waals surface area contributed by atoms with Gasteiger partial charge in [-0.25, -0.2) is 13.6 Å². The Labute approximate surface area is 123 Å². The third-order valence-corrected chi connectivity index (χ3v) is 4.72. The van der Waals surface area contributed by atoms with Crippen LogP contribution in [0.3, 0.4) is 0 Å². The summed E-state index contributed by atoms with van der Waals surface area (Å²) in [5.74, 6) is -3.72. The first-order valence-electron chi connectivity index (χ1n) is 7.48. The van der Waals surface area contributed by atoms with E-state index in [9.17, 15) is 18.4 Å². The Kier molecular flexibility index (Phi) is 4.39. The van der Waals surface area contributed by atoms with Gasteiger partial charge in [-0.05, 0) is 33.6 Å². The van der Waals surface area contributed by atoms with E-state index in [-0.39, 0.29) is 31.0 Å². The number of piperazine rings is 1. The molecule has 4 atom stereocenters. The maximum absolute atomic E-state index is 13.5. The summed E-state index contributed by atoms with van der Waals surface area (Å²) in [6.45, 7) is 5.25. The topological polar surface area (TPSA) is 61.4 Å². The minimum atomic E-state index is -2.70. The predicted molar refractivity (Wildman–Crippen MR) is 74.1 cm³/mol. The molecule has 1 saturated carbocycles. The second-order valence-corrected chi connectivity index (χ2v) is 6.16. The van der Waals surface area contributed by atoms with Gasteiger partial charge in [-0.15, -0.1) is 0 Å². The van der Waals surface area contributed by atoms with Crippen LogP contribution in [0.1, 0.15) is 40.0 Å². The number of alkyl halides is 2. The number of urea groups is 1. The van der Waals surface area contributed by atoms with Gasteiger partial charge in [0.15, 0.2) is 0 Å². The standard InChI is InChI=1S/C14H23F2N3O2/c1-8-9(2)19(10(3)12(20)18-8)13(21)17-7-11-5-4-6-14(11,15)16/h8-11H,4-7H2,1-3H3,(H,17,21)(H,18,20). The van der Waals surface area contributed by atoms with E-state index < -0.39 is 23.9 Å². The van der Waals surface area contributed by atoms with Crippen LogP contribution in [0.15, 0.2) is 0 Å². The quantitative estimate of drug-likeness (QED) is 0.816. The van der Waals surface area contributed by atoms with E-state index in [4.69, 9.17) is 0 Å². The lowest BCUT2D eigenvalue weighted by atomic mass is 10.0. The summed E-state index contributed by atoms with van der Waals surface area (Å²) in [6, 6.07) is -1.38. The van der Waals surface area contributed by atoms with E-state index in [1.54, 1.807) is 6.92 Å². The Morgan fingerprint density at radius 1 is 1.43 bits per heavy atom. The molecule has 0 radical (unpaired) electrons. The van der Waals surface area contributed by atoms with Gasteiger partial charge in [0.05, 0.1) is 6.04 Å². The summed E-state index contributed by atoms with van der Waals surface area (Å²) in [4.78, 5) is 25.5. The van der Waals surface area contributed by atoms with E-state index in [1.807, 2.05) is 13.8 Å². The lowest BCUT2D eigenvalue weighted by molar-refractivity contribution is -0.130. The summed E-state index contributed by atoms with van der Waals surface area (Å²) in [5, 5.41) is 5.37. The number of nitrogens with zero attached hydrogens (tertiary/aromatic N) is 1. The molecule has 4 unspecified atom stereocenters. The maximum atomic E-state index is 13.5. The molecular formula is C14H23F2N3O2. The predicted octanol–water partition coefficient (Wildman–Crippen LogP) is 1.73. The van der Waals surface area contributed by atoms with Crippen molar-refractivity contribution in [3.8, 4) is 0 Å². The zero-order valence-corrected chi connectivity index (χ0v) is 12.7. The van der Waals surface area contributed by atoms with Gasteiger partial charge in [0.1, 0.15) is 6.04 Å². The highest BCUT2D eigenvalue weighted by Crippen LogP contribution is 2.39. The first-order chi connectivity index (χ1) is 9.74. The van der Waals surface area contributed by atoms with Crippen molar-refractivity contribution in [2.45, 2.75) is 64.1 Å². The highest BCUT2D eigenvalue weighted by Gasteiger charge is 2.44. The molecule has 3 amide bonds. The van der Waals surface area contributed by atoms with E-state index in [0.717, 1.165) is 0 Å². The van der Waals surface area contributed by atoms with Crippen LogP contribution in [-0.2, 0) is 4.79 Å². The molecule has 0 aromatic heterocycles. The van der Waals surface area contributed by atoms with E-state index >= 15 is 0 Å². The molecule has 0 aromatic rings. The lowest BCUT2D eigenvalue weighted by Crippen LogP contribution is -2.66. The lowest BCUT2D eigenvalue weighted by Gasteiger charge is -2.42. The summed E-state index contributed by atoms with van der Waals surface area (Å²) in [6.07, 6.45) is 0.808. The Morgan fingerprint density at radius 3 is 2.67 bits per heavy atom. The summed E-state index contributed by atoms with van der Waals surface area (Å²) >= 11 is 0. The van der Waals surface area contributed by atoms with Crippen LogP contribution < -0.4 is 10.6 Å². The van der Waals surface area contributed by atoms with Crippen LogP contribution in [0.5, 0.6) is 0 Å². The molecule has 5 nitrogen and oxygen atoms in total. The molecule has 2 fully saturated rings. The molecule has 1 saturated heterocycles. The largest absolute Gasteiger partial charge is 0.350 e. The monoisotopic (exact) mass is 303 g/mol. The zero-order valence-electron chi connectivity index (χ0n) is 12.7. The molecule has 2 N–H and O–H groups in total. The van der Waals surface area contributed by atoms with Crippen molar-refractivity contribution < 1.29 is 18.4 Å². The second-order valence-electron chi connectivity index (χ2n) is 6.16. The molecule has 2 rings (SSSR count). The Hall–Kier alpha value is -1.40. The smallest absolute Gasteiger partial charge is 0.318 e. The first-order valence-corrected chi connectivity index (χ1v) is 7.48. The number of carbonyl (C=O) groups excluding carboxylic acids is 2. The van der Waals surface area contributed by atoms with E-state index in [2.05, 4.69) is 10.6 Å².